The summed E-state index contributed by atoms with van der Waals surface area (Å²) in [4.78, 5) is 22.9. The number of ether oxygens (including phenoxy) is 2. The van der Waals surface area contributed by atoms with E-state index in [-0.39, 0.29) is 25.8 Å². The van der Waals surface area contributed by atoms with Gasteiger partial charge in [0.05, 0.1) is 39.1 Å². The normalized spacial score (nSPS) is 12.4. The summed E-state index contributed by atoms with van der Waals surface area (Å²) in [7, 11) is -0.840. The minimum atomic E-state index is -4.94. The highest BCUT2D eigenvalue weighted by Gasteiger charge is 2.39. The van der Waals surface area contributed by atoms with E-state index in [0.717, 1.165) is 6.20 Å². The molecule has 164 valence electrons. The van der Waals surface area contributed by atoms with Gasteiger partial charge in [0.15, 0.2) is 5.56 Å². The molecule has 1 heterocycles. The summed E-state index contributed by atoms with van der Waals surface area (Å²) in [5.74, 6) is -1.13. The number of aromatic nitrogens is 2. The summed E-state index contributed by atoms with van der Waals surface area (Å²) in [6, 6.07) is 6.49. The van der Waals surface area contributed by atoms with Gasteiger partial charge in [-0.15, -0.1) is 0 Å². The monoisotopic (exact) mass is 446 g/mol. The molecule has 1 atom stereocenters. The van der Waals surface area contributed by atoms with Crippen LogP contribution in [-0.4, -0.2) is 49.8 Å². The molecule has 2 aromatic rings. The zero-order chi connectivity index (χ0) is 22.3. The third kappa shape index (κ3) is 6.59. The van der Waals surface area contributed by atoms with Crippen molar-refractivity contribution in [3.05, 3.63) is 51.9 Å². The predicted molar refractivity (Wildman–Crippen MR) is 102 cm³/mol. The Balaban J connectivity index is 2.20. The molecular formula is C18H21F3N2O6Si. The van der Waals surface area contributed by atoms with E-state index in [4.69, 9.17) is 19.0 Å². The van der Waals surface area contributed by atoms with Crippen molar-refractivity contribution in [2.75, 3.05) is 19.9 Å². The maximum Gasteiger partial charge on any atom is 0.425 e. The molecule has 1 aromatic carbocycles. The first kappa shape index (κ1) is 23.4. The molecule has 0 unspecified atom stereocenters. The van der Waals surface area contributed by atoms with Gasteiger partial charge in [-0.1, -0.05) is 12.1 Å². The Hall–Kier alpha value is -2.86. The molecule has 0 bridgehead atoms. The Kier molecular flexibility index (Phi) is 8.00. The number of aliphatic carboxylic acids is 1. The van der Waals surface area contributed by atoms with E-state index in [0.29, 0.717) is 16.0 Å². The van der Waals surface area contributed by atoms with Crippen LogP contribution in [-0.2, 0) is 22.3 Å². The van der Waals surface area contributed by atoms with Gasteiger partial charge in [0, 0.05) is 0 Å². The fourth-order valence-electron chi connectivity index (χ4n) is 2.50. The lowest BCUT2D eigenvalue weighted by molar-refractivity contribution is -0.140. The van der Waals surface area contributed by atoms with Crippen molar-refractivity contribution in [3.63, 3.8) is 0 Å². The van der Waals surface area contributed by atoms with Crippen molar-refractivity contribution in [2.24, 2.45) is 0 Å². The number of hydrogen-bond donors (Lipinski definition) is 1. The van der Waals surface area contributed by atoms with Crippen molar-refractivity contribution < 1.29 is 37.0 Å². The van der Waals surface area contributed by atoms with Gasteiger partial charge < -0.3 is 19.0 Å². The number of carboxylic acids is 1. The molecule has 0 aliphatic carbocycles. The Morgan fingerprint density at radius 3 is 2.50 bits per heavy atom. The fourth-order valence-corrected chi connectivity index (χ4v) is 3.68. The molecule has 8 nitrogen and oxygen atoms in total. The summed E-state index contributed by atoms with van der Waals surface area (Å²) < 4.78 is 56.9. The molecule has 0 fully saturated rings. The smallest absolute Gasteiger partial charge is 0.425 e. The zero-order valence-electron chi connectivity index (χ0n) is 16.3. The molecule has 0 amide bonds. The van der Waals surface area contributed by atoms with Gasteiger partial charge in [-0.05, 0) is 24.2 Å². The van der Waals surface area contributed by atoms with Gasteiger partial charge >= 0.3 is 12.1 Å². The number of carboxylic acid groups (broad SMARTS) is 1. The highest BCUT2D eigenvalue weighted by Crippen LogP contribution is 2.33. The number of nitrogens with zero attached hydrogens (tertiary/aromatic N) is 2. The Morgan fingerprint density at radius 1 is 1.27 bits per heavy atom. The van der Waals surface area contributed by atoms with Gasteiger partial charge in [0.2, 0.25) is 0 Å². The molecule has 12 heteroatoms. The fraction of sp³-hybridized carbons (Fsp3) is 0.389. The quantitative estimate of drug-likeness (QED) is 0.441. The van der Waals surface area contributed by atoms with Crippen LogP contribution in [0.4, 0.5) is 13.2 Å². The number of hydrogen-bond acceptors (Lipinski definition) is 6. The number of halogens is 3. The number of rotatable bonds is 10. The van der Waals surface area contributed by atoms with Gasteiger partial charge in [-0.2, -0.15) is 18.3 Å². The van der Waals surface area contributed by atoms with E-state index in [2.05, 4.69) is 5.10 Å². The average Bonchev–Trinajstić information content (AvgIpc) is 2.67. The molecule has 0 saturated carbocycles. The van der Waals surface area contributed by atoms with Crippen molar-refractivity contribution >= 4 is 15.0 Å². The molecule has 1 aromatic heterocycles. The van der Waals surface area contributed by atoms with E-state index in [1.165, 1.54) is 7.11 Å². The van der Waals surface area contributed by atoms with Crippen LogP contribution in [0.1, 0.15) is 17.5 Å². The van der Waals surface area contributed by atoms with Crippen LogP contribution in [0, 0.1) is 0 Å². The first-order chi connectivity index (χ1) is 14.1. The maximum atomic E-state index is 13.6. The third-order valence-electron chi connectivity index (χ3n) is 3.92. The summed E-state index contributed by atoms with van der Waals surface area (Å²) in [6.07, 6.45) is -4.30. The first-order valence-electron chi connectivity index (χ1n) is 8.88. The third-order valence-corrected chi connectivity index (χ3v) is 5.29. The number of benzene rings is 1. The summed E-state index contributed by atoms with van der Waals surface area (Å²) >= 11 is 0. The predicted octanol–water partition coefficient (Wildman–Crippen LogP) is 2.08. The number of carbonyl (C=O) groups is 1. The van der Waals surface area contributed by atoms with Crippen LogP contribution < -0.4 is 14.7 Å². The van der Waals surface area contributed by atoms with Crippen LogP contribution in [0.15, 0.2) is 35.3 Å². The molecule has 2 rings (SSSR count). The molecular weight excluding hydrogens is 425 g/mol. The lowest BCUT2D eigenvalue weighted by Crippen LogP contribution is -2.34. The second kappa shape index (κ2) is 10.3. The molecule has 1 N–H and O–H groups in total. The molecule has 30 heavy (non-hydrogen) atoms. The molecule has 0 radical (unpaired) electrons. The summed E-state index contributed by atoms with van der Waals surface area (Å²) in [6.45, 7) is 1.34. The zero-order valence-corrected chi connectivity index (χ0v) is 17.5. The van der Waals surface area contributed by atoms with E-state index >= 15 is 0 Å². The van der Waals surface area contributed by atoms with E-state index in [1.54, 1.807) is 30.8 Å². The highest BCUT2D eigenvalue weighted by atomic mass is 28.3. The van der Waals surface area contributed by atoms with Crippen LogP contribution in [0.25, 0.3) is 0 Å². The van der Waals surface area contributed by atoms with Crippen molar-refractivity contribution in [1.82, 2.24) is 9.78 Å². The minimum Gasteiger partial charge on any atom is -0.543 e. The molecule has 0 spiro atoms. The van der Waals surface area contributed by atoms with Crippen LogP contribution in [0.3, 0.4) is 0 Å². The summed E-state index contributed by atoms with van der Waals surface area (Å²) in [5.41, 5.74) is -2.18. The number of methoxy groups -OCH3 is 1. The van der Waals surface area contributed by atoms with Gasteiger partial charge in [0.1, 0.15) is 11.5 Å². The Bertz CT molecular complexity index is 918. The lowest BCUT2D eigenvalue weighted by Gasteiger charge is -2.18. The topological polar surface area (TPSA) is 99.9 Å². The largest absolute Gasteiger partial charge is 0.543 e. The van der Waals surface area contributed by atoms with Crippen molar-refractivity contribution in [3.8, 4) is 11.5 Å². The molecule has 0 saturated heterocycles. The maximum absolute atomic E-state index is 13.6. The minimum absolute atomic E-state index is 0.0144. The molecule has 0 aliphatic rings. The van der Waals surface area contributed by atoms with Crippen molar-refractivity contribution in [1.29, 1.82) is 0 Å². The van der Waals surface area contributed by atoms with E-state index in [9.17, 15) is 22.8 Å². The Labute approximate surface area is 171 Å². The van der Waals surface area contributed by atoms with E-state index < -0.39 is 38.1 Å². The van der Waals surface area contributed by atoms with Crippen molar-refractivity contribution in [2.45, 2.75) is 25.7 Å². The van der Waals surface area contributed by atoms with Crippen LogP contribution in [0.2, 0.25) is 6.55 Å². The highest BCUT2D eigenvalue weighted by molar-refractivity contribution is 6.50. The SMILES string of the molecule is COc1ccc(Cn2ncc(O[Si@@H](C)COCCC(=O)O)c(C(F)(F)F)c2=O)cc1. The second-order valence-electron chi connectivity index (χ2n) is 6.34. The summed E-state index contributed by atoms with van der Waals surface area (Å²) in [5, 5.41) is 12.4. The standard InChI is InChI=1S/C18H21F3N2O6Si/c1-27-13-5-3-12(4-6-13)10-23-17(26)16(18(19,20)21)14(9-22-23)29-30(2)11-28-8-7-15(24)25/h3-6,9,30H,7-8,10-11H2,1-2H3,(H,24,25)/t30-/m0/s1. The average molecular weight is 446 g/mol. The van der Waals surface area contributed by atoms with Gasteiger partial charge in [0.25, 0.3) is 14.6 Å². The number of alkyl halides is 3. The second-order valence-corrected chi connectivity index (χ2v) is 8.53. The van der Waals surface area contributed by atoms with Crippen LogP contribution in [0.5, 0.6) is 11.5 Å². The van der Waals surface area contributed by atoms with Crippen LogP contribution >= 0.6 is 0 Å². The van der Waals surface area contributed by atoms with E-state index in [1.807, 2.05) is 0 Å². The van der Waals surface area contributed by atoms with Gasteiger partial charge in [-0.25, -0.2) is 4.68 Å². The Morgan fingerprint density at radius 2 is 1.93 bits per heavy atom. The first-order valence-corrected chi connectivity index (χ1v) is 11.3. The molecule has 0 aliphatic heterocycles. The lowest BCUT2D eigenvalue weighted by atomic mass is 10.2. The van der Waals surface area contributed by atoms with Gasteiger partial charge in [-0.3, -0.25) is 9.59 Å².